The lowest BCUT2D eigenvalue weighted by Gasteiger charge is -2.14. The van der Waals surface area contributed by atoms with Crippen molar-refractivity contribution in [2.24, 2.45) is 0 Å². The molecule has 3 aromatic rings. The van der Waals surface area contributed by atoms with Crippen LogP contribution in [-0.4, -0.2) is 4.57 Å². The van der Waals surface area contributed by atoms with Crippen LogP contribution in [0.5, 0.6) is 0 Å². The Balaban J connectivity index is 2.08. The van der Waals surface area contributed by atoms with Crippen molar-refractivity contribution in [3.8, 4) is 11.1 Å². The minimum Gasteiger partial charge on any atom is -0.347 e. The van der Waals surface area contributed by atoms with E-state index >= 15 is 0 Å². The monoisotopic (exact) mass is 251 g/mol. The topological polar surface area (TPSA) is 4.93 Å². The summed E-state index contributed by atoms with van der Waals surface area (Å²) in [4.78, 5) is 0. The molecule has 0 spiro atoms. The summed E-state index contributed by atoms with van der Waals surface area (Å²) in [5.41, 5.74) is 4.38. The molecule has 1 aromatic heterocycles. The van der Waals surface area contributed by atoms with Crippen molar-refractivity contribution in [1.29, 1.82) is 0 Å². The molecule has 94 valence electrons. The number of aryl methyl sites for hydroxylation is 2. The Bertz CT molecular complexity index is 770. The summed E-state index contributed by atoms with van der Waals surface area (Å²) in [6.45, 7) is 1.03. The molecule has 19 heavy (non-hydrogen) atoms. The smallest absolute Gasteiger partial charge is 0.131 e. The highest BCUT2D eigenvalue weighted by Gasteiger charge is 2.17. The zero-order valence-corrected chi connectivity index (χ0v) is 10.6. The SMILES string of the molecule is Fc1ccccc1-c1cn2c3c(cccc13)CCC2. The molecule has 0 saturated heterocycles. The van der Waals surface area contributed by atoms with Crippen LogP contribution in [-0.2, 0) is 13.0 Å². The number of rotatable bonds is 1. The Morgan fingerprint density at radius 2 is 1.84 bits per heavy atom. The summed E-state index contributed by atoms with van der Waals surface area (Å²) in [5, 5.41) is 1.17. The van der Waals surface area contributed by atoms with Crippen LogP contribution in [0.1, 0.15) is 12.0 Å². The first kappa shape index (κ1) is 10.8. The molecule has 2 aromatic carbocycles. The molecule has 1 aliphatic rings. The van der Waals surface area contributed by atoms with Gasteiger partial charge in [0.2, 0.25) is 0 Å². The number of aromatic nitrogens is 1. The van der Waals surface area contributed by atoms with Crippen molar-refractivity contribution < 1.29 is 4.39 Å². The summed E-state index contributed by atoms with van der Waals surface area (Å²) in [5.74, 6) is -0.147. The van der Waals surface area contributed by atoms with Gasteiger partial charge in [0, 0.05) is 29.3 Å². The Kier molecular flexibility index (Phi) is 2.25. The van der Waals surface area contributed by atoms with Crippen molar-refractivity contribution >= 4 is 10.9 Å². The van der Waals surface area contributed by atoms with Gasteiger partial charge in [0.05, 0.1) is 5.52 Å². The van der Waals surface area contributed by atoms with E-state index in [4.69, 9.17) is 0 Å². The predicted octanol–water partition coefficient (Wildman–Crippen LogP) is 4.39. The average molecular weight is 251 g/mol. The summed E-state index contributed by atoms with van der Waals surface area (Å²) in [6.07, 6.45) is 4.39. The fraction of sp³-hybridized carbons (Fsp3) is 0.176. The Morgan fingerprint density at radius 3 is 2.74 bits per heavy atom. The van der Waals surface area contributed by atoms with E-state index in [0.29, 0.717) is 5.56 Å². The van der Waals surface area contributed by atoms with Gasteiger partial charge in [-0.1, -0.05) is 36.4 Å². The minimum absolute atomic E-state index is 0.147. The number of halogens is 1. The zero-order valence-electron chi connectivity index (χ0n) is 10.6. The van der Waals surface area contributed by atoms with E-state index in [1.807, 2.05) is 12.1 Å². The molecule has 0 bridgehead atoms. The molecule has 1 aliphatic heterocycles. The van der Waals surface area contributed by atoms with E-state index < -0.39 is 0 Å². The number of hydrogen-bond acceptors (Lipinski definition) is 0. The van der Waals surface area contributed by atoms with Gasteiger partial charge in [0.15, 0.2) is 0 Å². The molecular formula is C17H14FN. The maximum atomic E-state index is 14.0. The lowest BCUT2D eigenvalue weighted by molar-refractivity contribution is 0.629. The van der Waals surface area contributed by atoms with Crippen LogP contribution in [0, 0.1) is 5.82 Å². The van der Waals surface area contributed by atoms with Gasteiger partial charge < -0.3 is 4.57 Å². The quantitative estimate of drug-likeness (QED) is 0.604. The molecule has 2 heteroatoms. The molecule has 0 atom stereocenters. The molecule has 0 N–H and O–H groups in total. The lowest BCUT2D eigenvalue weighted by atomic mass is 10.00. The molecule has 2 heterocycles. The predicted molar refractivity (Wildman–Crippen MR) is 75.7 cm³/mol. The second kappa shape index (κ2) is 3.95. The fourth-order valence-corrected chi connectivity index (χ4v) is 3.15. The molecule has 0 saturated carbocycles. The standard InChI is InChI=1S/C17H14FN/c18-16-9-2-1-7-13(16)15-11-19-10-4-6-12-5-3-8-14(15)17(12)19/h1-3,5,7-9,11H,4,6,10H2. The maximum absolute atomic E-state index is 14.0. The highest BCUT2D eigenvalue weighted by Crippen LogP contribution is 2.35. The van der Waals surface area contributed by atoms with Crippen molar-refractivity contribution in [3.05, 3.63) is 60.0 Å². The highest BCUT2D eigenvalue weighted by molar-refractivity contribution is 5.98. The Labute approximate surface area is 111 Å². The third kappa shape index (κ3) is 1.53. The largest absolute Gasteiger partial charge is 0.347 e. The summed E-state index contributed by atoms with van der Waals surface area (Å²) in [6, 6.07) is 13.4. The Hall–Kier alpha value is -2.09. The molecule has 0 aliphatic carbocycles. The molecule has 4 rings (SSSR count). The number of hydrogen-bond donors (Lipinski definition) is 0. The minimum atomic E-state index is -0.147. The molecule has 0 unspecified atom stereocenters. The van der Waals surface area contributed by atoms with E-state index in [1.165, 1.54) is 22.5 Å². The third-order valence-electron chi connectivity index (χ3n) is 3.99. The van der Waals surface area contributed by atoms with Crippen LogP contribution >= 0.6 is 0 Å². The van der Waals surface area contributed by atoms with Gasteiger partial charge in [-0.15, -0.1) is 0 Å². The van der Waals surface area contributed by atoms with Crippen LogP contribution in [0.3, 0.4) is 0 Å². The van der Waals surface area contributed by atoms with Gasteiger partial charge in [-0.05, 0) is 24.5 Å². The molecule has 0 radical (unpaired) electrons. The first-order chi connectivity index (χ1) is 9.34. The van der Waals surface area contributed by atoms with Crippen LogP contribution < -0.4 is 0 Å². The van der Waals surface area contributed by atoms with E-state index in [9.17, 15) is 4.39 Å². The fourth-order valence-electron chi connectivity index (χ4n) is 3.15. The van der Waals surface area contributed by atoms with Gasteiger partial charge in [-0.3, -0.25) is 0 Å². The van der Waals surface area contributed by atoms with Crippen LogP contribution in [0.2, 0.25) is 0 Å². The first-order valence-electron chi connectivity index (χ1n) is 6.70. The third-order valence-corrected chi connectivity index (χ3v) is 3.99. The van der Waals surface area contributed by atoms with E-state index in [-0.39, 0.29) is 5.82 Å². The molecule has 1 nitrogen and oxygen atoms in total. The normalized spacial score (nSPS) is 13.9. The Morgan fingerprint density at radius 1 is 0.947 bits per heavy atom. The summed E-state index contributed by atoms with van der Waals surface area (Å²) in [7, 11) is 0. The van der Waals surface area contributed by atoms with Crippen LogP contribution in [0.15, 0.2) is 48.7 Å². The zero-order chi connectivity index (χ0) is 12.8. The van der Waals surface area contributed by atoms with Gasteiger partial charge in [-0.2, -0.15) is 0 Å². The van der Waals surface area contributed by atoms with Crippen molar-refractivity contribution in [1.82, 2.24) is 4.57 Å². The number of nitrogens with zero attached hydrogens (tertiary/aromatic N) is 1. The van der Waals surface area contributed by atoms with E-state index in [0.717, 1.165) is 24.9 Å². The van der Waals surface area contributed by atoms with Crippen molar-refractivity contribution in [2.45, 2.75) is 19.4 Å². The highest BCUT2D eigenvalue weighted by atomic mass is 19.1. The number of benzene rings is 2. The second-order valence-corrected chi connectivity index (χ2v) is 5.13. The average Bonchev–Trinajstić information content (AvgIpc) is 2.81. The maximum Gasteiger partial charge on any atom is 0.131 e. The van der Waals surface area contributed by atoms with Crippen molar-refractivity contribution in [3.63, 3.8) is 0 Å². The van der Waals surface area contributed by atoms with E-state index in [1.54, 1.807) is 6.07 Å². The second-order valence-electron chi connectivity index (χ2n) is 5.13. The molecule has 0 amide bonds. The molecular weight excluding hydrogens is 237 g/mol. The van der Waals surface area contributed by atoms with E-state index in [2.05, 4.69) is 29.0 Å². The van der Waals surface area contributed by atoms with Gasteiger partial charge in [0.1, 0.15) is 5.82 Å². The van der Waals surface area contributed by atoms with Gasteiger partial charge in [-0.25, -0.2) is 4.39 Å². The van der Waals surface area contributed by atoms with Crippen LogP contribution in [0.4, 0.5) is 4.39 Å². The summed E-state index contributed by atoms with van der Waals surface area (Å²) < 4.78 is 16.3. The number of para-hydroxylation sites is 1. The molecule has 0 fully saturated rings. The van der Waals surface area contributed by atoms with Gasteiger partial charge in [0.25, 0.3) is 0 Å². The van der Waals surface area contributed by atoms with Gasteiger partial charge >= 0.3 is 0 Å². The summed E-state index contributed by atoms with van der Waals surface area (Å²) >= 11 is 0. The van der Waals surface area contributed by atoms with Crippen LogP contribution in [0.25, 0.3) is 22.0 Å². The first-order valence-corrected chi connectivity index (χ1v) is 6.70. The van der Waals surface area contributed by atoms with Crippen molar-refractivity contribution in [2.75, 3.05) is 0 Å². The lowest BCUT2D eigenvalue weighted by Crippen LogP contribution is -2.05.